The second kappa shape index (κ2) is 6.97. The van der Waals surface area contributed by atoms with Gasteiger partial charge in [0, 0.05) is 5.92 Å². The number of halogens is 3. The zero-order valence-electron chi connectivity index (χ0n) is 11.8. The minimum absolute atomic E-state index is 0.141. The number of rotatable bonds is 5. The second-order valence-corrected chi connectivity index (χ2v) is 5.04. The third-order valence-electron chi connectivity index (χ3n) is 3.52. The molecule has 2 aromatic rings. The number of hydrogen-bond acceptors (Lipinski definition) is 2. The average molecular weight is 319 g/mol. The molecule has 2 aromatic carbocycles. The Morgan fingerprint density at radius 3 is 2.39 bits per heavy atom. The van der Waals surface area contributed by atoms with Crippen molar-refractivity contribution in [1.29, 1.82) is 5.26 Å². The highest BCUT2D eigenvalue weighted by Gasteiger charge is 2.28. The van der Waals surface area contributed by atoms with E-state index in [1.54, 1.807) is 0 Å². The quantitative estimate of drug-likeness (QED) is 0.907. The summed E-state index contributed by atoms with van der Waals surface area (Å²) in [7, 11) is 0. The molecule has 0 aliphatic carbocycles. The lowest BCUT2D eigenvalue weighted by Gasteiger charge is -2.21. The van der Waals surface area contributed by atoms with Gasteiger partial charge in [-0.25, -0.2) is 13.2 Å². The Bertz CT molecular complexity index is 771. The Kier molecular flexibility index (Phi) is 5.02. The first-order chi connectivity index (χ1) is 10.9. The molecule has 2 unspecified atom stereocenters. The van der Waals surface area contributed by atoms with E-state index in [4.69, 9.17) is 5.11 Å². The molecule has 0 heterocycles. The van der Waals surface area contributed by atoms with Crippen LogP contribution < -0.4 is 0 Å². The fourth-order valence-electron chi connectivity index (χ4n) is 2.46. The first kappa shape index (κ1) is 16.6. The van der Waals surface area contributed by atoms with E-state index in [1.165, 1.54) is 24.3 Å². The first-order valence-electron chi connectivity index (χ1n) is 6.74. The van der Waals surface area contributed by atoms with Gasteiger partial charge in [0.05, 0.1) is 18.4 Å². The fourth-order valence-corrected chi connectivity index (χ4v) is 2.46. The number of nitriles is 1. The van der Waals surface area contributed by atoms with E-state index in [0.29, 0.717) is 5.56 Å². The van der Waals surface area contributed by atoms with Gasteiger partial charge >= 0.3 is 5.97 Å². The third-order valence-corrected chi connectivity index (χ3v) is 3.52. The minimum Gasteiger partial charge on any atom is -0.481 e. The molecule has 2 atom stereocenters. The van der Waals surface area contributed by atoms with Crippen LogP contribution in [0, 0.1) is 28.8 Å². The summed E-state index contributed by atoms with van der Waals surface area (Å²) in [4.78, 5) is 11.1. The van der Waals surface area contributed by atoms with Crippen LogP contribution >= 0.6 is 0 Å². The molecule has 0 bridgehead atoms. The van der Waals surface area contributed by atoms with E-state index >= 15 is 0 Å². The largest absolute Gasteiger partial charge is 0.481 e. The summed E-state index contributed by atoms with van der Waals surface area (Å²) in [6.07, 6.45) is -0.444. The van der Waals surface area contributed by atoms with Crippen molar-refractivity contribution < 1.29 is 23.1 Å². The van der Waals surface area contributed by atoms with Gasteiger partial charge in [-0.1, -0.05) is 18.2 Å². The van der Waals surface area contributed by atoms with Crippen molar-refractivity contribution in [2.24, 2.45) is 0 Å². The van der Waals surface area contributed by atoms with Crippen molar-refractivity contribution >= 4 is 5.97 Å². The molecule has 0 spiro atoms. The lowest BCUT2D eigenvalue weighted by atomic mass is 9.80. The Morgan fingerprint density at radius 2 is 1.83 bits per heavy atom. The molecule has 3 nitrogen and oxygen atoms in total. The second-order valence-electron chi connectivity index (χ2n) is 5.04. The van der Waals surface area contributed by atoms with Crippen molar-refractivity contribution in [3.63, 3.8) is 0 Å². The van der Waals surface area contributed by atoms with Crippen molar-refractivity contribution in [2.75, 3.05) is 0 Å². The van der Waals surface area contributed by atoms with E-state index in [-0.39, 0.29) is 5.56 Å². The zero-order valence-corrected chi connectivity index (χ0v) is 11.8. The monoisotopic (exact) mass is 319 g/mol. The number of carboxylic acid groups (broad SMARTS) is 1. The lowest BCUT2D eigenvalue weighted by Crippen LogP contribution is -2.15. The maximum atomic E-state index is 13.4. The van der Waals surface area contributed by atoms with Gasteiger partial charge < -0.3 is 5.11 Å². The summed E-state index contributed by atoms with van der Waals surface area (Å²) in [6, 6.07) is 10.1. The molecule has 0 fully saturated rings. The van der Waals surface area contributed by atoms with Crippen LogP contribution in [0.25, 0.3) is 0 Å². The number of carbonyl (C=O) groups is 1. The van der Waals surface area contributed by atoms with Crippen LogP contribution in [0.4, 0.5) is 13.2 Å². The van der Waals surface area contributed by atoms with E-state index in [0.717, 1.165) is 18.2 Å². The lowest BCUT2D eigenvalue weighted by molar-refractivity contribution is -0.137. The van der Waals surface area contributed by atoms with Crippen LogP contribution in [-0.2, 0) is 4.79 Å². The summed E-state index contributed by atoms with van der Waals surface area (Å²) < 4.78 is 39.9. The molecule has 1 N–H and O–H groups in total. The molecular weight excluding hydrogens is 307 g/mol. The topological polar surface area (TPSA) is 61.1 Å². The Balaban J connectivity index is 2.49. The fraction of sp³-hybridized carbons (Fsp3) is 0.176. The maximum absolute atomic E-state index is 13.4. The normalized spacial score (nSPS) is 13.1. The average Bonchev–Trinajstić information content (AvgIpc) is 2.50. The standard InChI is InChI=1S/C17H12F3NO2/c18-12-3-1-2-10(6-12)13(8-17(22)23)14(9-21)11-4-5-15(19)16(20)7-11/h1-7,13-14H,8H2,(H,22,23). The zero-order chi connectivity index (χ0) is 17.0. The summed E-state index contributed by atoms with van der Waals surface area (Å²) in [5, 5.41) is 18.5. The van der Waals surface area contributed by atoms with Crippen molar-refractivity contribution in [3.8, 4) is 6.07 Å². The van der Waals surface area contributed by atoms with Crippen molar-refractivity contribution in [2.45, 2.75) is 18.3 Å². The Labute approximate surface area is 130 Å². The first-order valence-corrected chi connectivity index (χ1v) is 6.74. The summed E-state index contributed by atoms with van der Waals surface area (Å²) in [6.45, 7) is 0. The highest BCUT2D eigenvalue weighted by Crippen LogP contribution is 2.36. The molecule has 0 aliphatic heterocycles. The highest BCUT2D eigenvalue weighted by atomic mass is 19.2. The van der Waals surface area contributed by atoms with Crippen LogP contribution in [-0.4, -0.2) is 11.1 Å². The number of nitrogens with zero attached hydrogens (tertiary/aromatic N) is 1. The molecule has 0 amide bonds. The predicted molar refractivity (Wildman–Crippen MR) is 76.1 cm³/mol. The molecule has 0 saturated carbocycles. The third kappa shape index (κ3) is 3.89. The van der Waals surface area contributed by atoms with Gasteiger partial charge in [-0.2, -0.15) is 5.26 Å². The SMILES string of the molecule is N#CC(c1ccc(F)c(F)c1)C(CC(=O)O)c1cccc(F)c1. The predicted octanol–water partition coefficient (Wildman–Crippen LogP) is 3.97. The molecule has 0 saturated heterocycles. The van der Waals surface area contributed by atoms with Crippen LogP contribution in [0.3, 0.4) is 0 Å². The number of aliphatic carboxylic acids is 1. The van der Waals surface area contributed by atoms with Gasteiger partial charge in [0.25, 0.3) is 0 Å². The van der Waals surface area contributed by atoms with Gasteiger partial charge in [0.2, 0.25) is 0 Å². The maximum Gasteiger partial charge on any atom is 0.304 e. The number of benzene rings is 2. The molecule has 0 radical (unpaired) electrons. The number of carboxylic acids is 1. The number of hydrogen-bond donors (Lipinski definition) is 1. The molecule has 0 aromatic heterocycles. The van der Waals surface area contributed by atoms with Crippen LogP contribution in [0.15, 0.2) is 42.5 Å². The summed E-state index contributed by atoms with van der Waals surface area (Å²) in [5.74, 6) is -5.88. The van der Waals surface area contributed by atoms with Crippen LogP contribution in [0.5, 0.6) is 0 Å². The van der Waals surface area contributed by atoms with Gasteiger partial charge in [-0.3, -0.25) is 4.79 Å². The molecule has 6 heteroatoms. The molecular formula is C17H12F3NO2. The van der Waals surface area contributed by atoms with Gasteiger partial charge in [0.15, 0.2) is 11.6 Å². The molecule has 2 rings (SSSR count). The molecule has 118 valence electrons. The van der Waals surface area contributed by atoms with Gasteiger partial charge in [-0.05, 0) is 35.4 Å². The summed E-state index contributed by atoms with van der Waals surface area (Å²) in [5.41, 5.74) is 0.450. The van der Waals surface area contributed by atoms with Crippen molar-refractivity contribution in [3.05, 3.63) is 71.0 Å². The van der Waals surface area contributed by atoms with E-state index in [9.17, 15) is 23.2 Å². The smallest absolute Gasteiger partial charge is 0.304 e. The van der Waals surface area contributed by atoms with E-state index in [2.05, 4.69) is 0 Å². The highest BCUT2D eigenvalue weighted by molar-refractivity contribution is 5.68. The van der Waals surface area contributed by atoms with Gasteiger partial charge in [0.1, 0.15) is 5.82 Å². The van der Waals surface area contributed by atoms with Crippen molar-refractivity contribution in [1.82, 2.24) is 0 Å². The van der Waals surface area contributed by atoms with E-state index in [1.807, 2.05) is 6.07 Å². The van der Waals surface area contributed by atoms with E-state index < -0.39 is 41.7 Å². The van der Waals surface area contributed by atoms with Crippen LogP contribution in [0.2, 0.25) is 0 Å². The van der Waals surface area contributed by atoms with Crippen LogP contribution in [0.1, 0.15) is 29.4 Å². The Hall–Kier alpha value is -2.81. The molecule has 0 aliphatic rings. The molecule has 23 heavy (non-hydrogen) atoms. The minimum atomic E-state index is -1.18. The van der Waals surface area contributed by atoms with Gasteiger partial charge in [-0.15, -0.1) is 0 Å². The summed E-state index contributed by atoms with van der Waals surface area (Å²) >= 11 is 0. The Morgan fingerprint density at radius 1 is 1.09 bits per heavy atom.